The molecule has 0 aromatic carbocycles. The first-order valence-electron chi connectivity index (χ1n) is 34.1. The van der Waals surface area contributed by atoms with Crippen molar-refractivity contribution < 1.29 is 24.5 Å². The van der Waals surface area contributed by atoms with Crippen LogP contribution in [0.5, 0.6) is 0 Å². The van der Waals surface area contributed by atoms with E-state index < -0.39 is 12.1 Å². The summed E-state index contributed by atoms with van der Waals surface area (Å²) in [5.74, 6) is -0.106. The number of ether oxygens (including phenoxy) is 1. The van der Waals surface area contributed by atoms with Gasteiger partial charge in [-0.15, -0.1) is 0 Å². The van der Waals surface area contributed by atoms with Crippen molar-refractivity contribution in [2.24, 2.45) is 0 Å². The third kappa shape index (κ3) is 62.6. The minimum Gasteiger partial charge on any atom is -0.466 e. The zero-order valence-corrected chi connectivity index (χ0v) is 51.4. The topological polar surface area (TPSA) is 95.9 Å². The van der Waals surface area contributed by atoms with E-state index in [4.69, 9.17) is 4.74 Å². The fraction of sp³-hybridized carbons (Fsp3) is 0.831. The van der Waals surface area contributed by atoms with Gasteiger partial charge in [0.1, 0.15) is 0 Å². The maximum atomic E-state index is 12.5. The number of esters is 1. The molecule has 0 bridgehead atoms. The van der Waals surface area contributed by atoms with Crippen LogP contribution in [0, 0.1) is 0 Å². The Hall–Kier alpha value is -2.44. The molecular weight excluding hydrogens is 947 g/mol. The van der Waals surface area contributed by atoms with Gasteiger partial charge in [-0.3, -0.25) is 9.59 Å². The molecule has 3 N–H and O–H groups in total. The molecule has 6 heteroatoms. The van der Waals surface area contributed by atoms with Gasteiger partial charge in [0.25, 0.3) is 0 Å². The van der Waals surface area contributed by atoms with Gasteiger partial charge in [0.05, 0.1) is 25.4 Å². The van der Waals surface area contributed by atoms with Crippen LogP contribution in [-0.4, -0.2) is 47.4 Å². The van der Waals surface area contributed by atoms with E-state index in [1.807, 2.05) is 6.08 Å². The highest BCUT2D eigenvalue weighted by atomic mass is 16.5. The molecule has 0 heterocycles. The molecule has 2 atom stereocenters. The van der Waals surface area contributed by atoms with E-state index in [0.29, 0.717) is 19.4 Å². The maximum Gasteiger partial charge on any atom is 0.305 e. The molecule has 6 nitrogen and oxygen atoms in total. The van der Waals surface area contributed by atoms with Crippen molar-refractivity contribution in [3.8, 4) is 0 Å². The molecule has 0 aliphatic heterocycles. The fourth-order valence-electron chi connectivity index (χ4n) is 10.3. The molecule has 0 spiro atoms. The van der Waals surface area contributed by atoms with Crippen LogP contribution in [0.4, 0.5) is 0 Å². The Kier molecular flexibility index (Phi) is 64.0. The molecule has 0 aromatic rings. The van der Waals surface area contributed by atoms with E-state index in [9.17, 15) is 19.8 Å². The number of hydrogen-bond acceptors (Lipinski definition) is 5. The highest BCUT2D eigenvalue weighted by Crippen LogP contribution is 2.17. The smallest absolute Gasteiger partial charge is 0.305 e. The van der Waals surface area contributed by atoms with Crippen LogP contribution < -0.4 is 5.32 Å². The van der Waals surface area contributed by atoms with Crippen molar-refractivity contribution in [3.63, 3.8) is 0 Å². The van der Waals surface area contributed by atoms with Gasteiger partial charge < -0.3 is 20.3 Å². The molecule has 1 amide bonds. The average Bonchev–Trinajstić information content (AvgIpc) is 3.43. The highest BCUT2D eigenvalue weighted by molar-refractivity contribution is 5.76. The van der Waals surface area contributed by atoms with Gasteiger partial charge in [0, 0.05) is 12.8 Å². The van der Waals surface area contributed by atoms with Gasteiger partial charge >= 0.3 is 5.97 Å². The first-order valence-corrected chi connectivity index (χ1v) is 34.1. The molecule has 0 aliphatic rings. The number of aliphatic hydroxyl groups excluding tert-OH is 2. The van der Waals surface area contributed by atoms with Crippen molar-refractivity contribution >= 4 is 11.9 Å². The Morgan fingerprint density at radius 1 is 0.364 bits per heavy atom. The maximum absolute atomic E-state index is 12.5. The van der Waals surface area contributed by atoms with Gasteiger partial charge in [-0.2, -0.15) is 0 Å². The second kappa shape index (κ2) is 66.1. The number of unbranched alkanes of at least 4 members (excludes halogenated alkanes) is 44. The molecule has 0 saturated carbocycles. The van der Waals surface area contributed by atoms with Crippen LogP contribution in [0.3, 0.4) is 0 Å². The summed E-state index contributed by atoms with van der Waals surface area (Å²) in [6.07, 6.45) is 87.1. The summed E-state index contributed by atoms with van der Waals surface area (Å²) in [6.45, 7) is 4.86. The van der Waals surface area contributed by atoms with E-state index in [0.717, 1.165) is 89.9 Å². The predicted octanol–water partition coefficient (Wildman–Crippen LogP) is 21.9. The highest BCUT2D eigenvalue weighted by Gasteiger charge is 2.18. The lowest BCUT2D eigenvalue weighted by Gasteiger charge is -2.20. The van der Waals surface area contributed by atoms with Crippen molar-refractivity contribution in [1.29, 1.82) is 0 Å². The Bertz CT molecular complexity index is 1340. The predicted molar refractivity (Wildman–Crippen MR) is 338 cm³/mol. The largest absolute Gasteiger partial charge is 0.466 e. The summed E-state index contributed by atoms with van der Waals surface area (Å²) >= 11 is 0. The molecule has 0 fully saturated rings. The molecule has 0 rings (SSSR count). The van der Waals surface area contributed by atoms with E-state index in [-0.39, 0.29) is 18.5 Å². The number of carbonyl (C=O) groups excluding carboxylic acids is 2. The fourth-order valence-corrected chi connectivity index (χ4v) is 10.3. The van der Waals surface area contributed by atoms with Crippen LogP contribution in [-0.2, 0) is 14.3 Å². The van der Waals surface area contributed by atoms with Gasteiger partial charge in [-0.25, -0.2) is 0 Å². The van der Waals surface area contributed by atoms with Crippen molar-refractivity contribution in [2.75, 3.05) is 13.2 Å². The van der Waals surface area contributed by atoms with Crippen LogP contribution in [0.15, 0.2) is 60.8 Å². The van der Waals surface area contributed by atoms with Gasteiger partial charge in [-0.1, -0.05) is 299 Å². The van der Waals surface area contributed by atoms with Crippen LogP contribution in [0.2, 0.25) is 0 Å². The number of amides is 1. The SMILES string of the molecule is CCCCCC/C=C\C/C=C\CCCCCCCCCC(=O)OCCCCC/C=C\C/C=C\CCCCCCCCCC(=O)NC(CO)C(O)/C=C/CCCCCCCCCCCCCCCCCCCCCCCCC. The van der Waals surface area contributed by atoms with Crippen molar-refractivity contribution in [3.05, 3.63) is 60.8 Å². The first-order chi connectivity index (χ1) is 38.0. The zero-order chi connectivity index (χ0) is 55.7. The average molecular weight is 1080 g/mol. The Morgan fingerprint density at radius 3 is 1.00 bits per heavy atom. The third-order valence-corrected chi connectivity index (χ3v) is 15.5. The van der Waals surface area contributed by atoms with Crippen molar-refractivity contribution in [2.45, 2.75) is 366 Å². The van der Waals surface area contributed by atoms with Gasteiger partial charge in [0.15, 0.2) is 0 Å². The minimum atomic E-state index is -0.859. The molecule has 2 unspecified atom stereocenters. The number of rotatable bonds is 63. The first kappa shape index (κ1) is 74.6. The quantitative estimate of drug-likeness (QED) is 0.0320. The third-order valence-electron chi connectivity index (χ3n) is 15.5. The number of hydrogen-bond donors (Lipinski definition) is 3. The molecule has 0 aromatic heterocycles. The summed E-state index contributed by atoms with van der Waals surface area (Å²) in [5.41, 5.74) is 0. The van der Waals surface area contributed by atoms with E-state index in [1.54, 1.807) is 6.08 Å². The Morgan fingerprint density at radius 2 is 0.649 bits per heavy atom. The van der Waals surface area contributed by atoms with E-state index in [2.05, 4.69) is 67.8 Å². The van der Waals surface area contributed by atoms with Crippen LogP contribution in [0.1, 0.15) is 354 Å². The summed E-state index contributed by atoms with van der Waals surface area (Å²) in [7, 11) is 0. The Labute approximate surface area is 479 Å². The van der Waals surface area contributed by atoms with E-state index >= 15 is 0 Å². The number of nitrogens with one attached hydrogen (secondary N) is 1. The molecular formula is C71H131NO5. The lowest BCUT2D eigenvalue weighted by Crippen LogP contribution is -2.45. The number of allylic oxidation sites excluding steroid dienone is 9. The lowest BCUT2D eigenvalue weighted by molar-refractivity contribution is -0.143. The Balaban J connectivity index is 3.52. The zero-order valence-electron chi connectivity index (χ0n) is 51.4. The summed E-state index contributed by atoms with van der Waals surface area (Å²) in [5, 5.41) is 23.2. The molecule has 0 aliphatic carbocycles. The summed E-state index contributed by atoms with van der Waals surface area (Å²) in [4.78, 5) is 24.6. The number of carbonyl (C=O) groups is 2. The van der Waals surface area contributed by atoms with Crippen molar-refractivity contribution in [1.82, 2.24) is 5.32 Å². The lowest BCUT2D eigenvalue weighted by atomic mass is 10.0. The normalized spacial score (nSPS) is 12.9. The minimum absolute atomic E-state index is 0.0236. The molecule has 77 heavy (non-hydrogen) atoms. The summed E-state index contributed by atoms with van der Waals surface area (Å²) < 4.78 is 5.47. The van der Waals surface area contributed by atoms with E-state index in [1.165, 1.54) is 238 Å². The van der Waals surface area contributed by atoms with Gasteiger partial charge in [-0.05, 0) is 103 Å². The van der Waals surface area contributed by atoms with Crippen LogP contribution >= 0.6 is 0 Å². The van der Waals surface area contributed by atoms with Crippen LogP contribution in [0.25, 0.3) is 0 Å². The van der Waals surface area contributed by atoms with Gasteiger partial charge in [0.2, 0.25) is 5.91 Å². The standard InChI is InChI=1S/C71H131NO5/c1-3-5-7-9-11-13-15-17-19-21-23-24-25-26-27-28-29-31-35-39-43-47-51-55-59-63-69(74)68(67-73)72-70(75)64-60-56-52-48-44-40-36-32-30-34-38-42-46-50-54-58-62-66-77-71(76)65-61-57-53-49-45-41-37-33-22-20-18-16-14-12-10-8-6-4-2/h14,16,20,22,30,34,42,46,59,63,68-69,73-74H,3-13,15,17-19,21,23-29,31-33,35-41,43-45,47-58,60-62,64-67H2,1-2H3,(H,72,75)/b16-14-,22-20-,34-30-,46-42-,63-59+. The number of aliphatic hydroxyl groups is 2. The molecule has 450 valence electrons. The summed E-state index contributed by atoms with van der Waals surface area (Å²) in [6, 6.07) is -0.644. The monoisotopic (exact) mass is 1080 g/mol. The molecule has 0 radical (unpaired) electrons. The second-order valence-electron chi connectivity index (χ2n) is 23.1. The second-order valence-corrected chi connectivity index (χ2v) is 23.1. The molecule has 0 saturated heterocycles.